The van der Waals surface area contributed by atoms with E-state index in [0.717, 1.165) is 44.9 Å². The zero-order valence-corrected chi connectivity index (χ0v) is 19.9. The highest BCUT2D eigenvalue weighted by molar-refractivity contribution is 8.00. The van der Waals surface area contributed by atoms with Crippen molar-refractivity contribution in [2.75, 3.05) is 6.61 Å². The van der Waals surface area contributed by atoms with E-state index < -0.39 is 18.6 Å². The first-order chi connectivity index (χ1) is 14.2. The van der Waals surface area contributed by atoms with Crippen molar-refractivity contribution in [3.05, 3.63) is 10.1 Å². The van der Waals surface area contributed by atoms with Gasteiger partial charge in [0.2, 0.25) is 6.04 Å². The first-order valence-corrected chi connectivity index (χ1v) is 12.7. The molecule has 0 heterocycles. The average molecular weight is 468 g/mol. The van der Waals surface area contributed by atoms with Crippen molar-refractivity contribution in [2.24, 2.45) is 11.8 Å². The molecular formula is C21H38ClNO6S. The van der Waals surface area contributed by atoms with E-state index in [9.17, 15) is 20.3 Å². The molecule has 2 N–H and O–H groups in total. The Labute approximate surface area is 189 Å². The summed E-state index contributed by atoms with van der Waals surface area (Å²) < 4.78 is 11.0. The molecule has 0 aromatic carbocycles. The third-order valence-electron chi connectivity index (χ3n) is 6.25. The summed E-state index contributed by atoms with van der Waals surface area (Å²) in [5, 5.41) is 31.5. The van der Waals surface area contributed by atoms with Gasteiger partial charge >= 0.3 is 0 Å². The van der Waals surface area contributed by atoms with Crippen molar-refractivity contribution in [3.63, 3.8) is 0 Å². The second-order valence-electron chi connectivity index (χ2n) is 8.88. The van der Waals surface area contributed by atoms with Crippen LogP contribution in [-0.4, -0.2) is 62.3 Å². The molecule has 30 heavy (non-hydrogen) atoms. The number of nitrogens with zero attached hydrogens (tertiary/aromatic N) is 1. The topological polar surface area (TPSA) is 102 Å². The van der Waals surface area contributed by atoms with E-state index in [2.05, 4.69) is 0 Å². The summed E-state index contributed by atoms with van der Waals surface area (Å²) in [7, 11) is 0. The summed E-state index contributed by atoms with van der Waals surface area (Å²) in [6.45, 7) is 6.05. The predicted molar refractivity (Wildman–Crippen MR) is 119 cm³/mol. The number of aliphatic hydroxyl groups excluding tert-OH is 2. The Balaban J connectivity index is 1.98. The van der Waals surface area contributed by atoms with Gasteiger partial charge < -0.3 is 19.7 Å². The maximum Gasteiger partial charge on any atom is 0.226 e. The number of aliphatic hydroxyl groups is 2. The number of thioether (sulfide) groups is 1. The molecule has 9 heteroatoms. The van der Waals surface area contributed by atoms with Gasteiger partial charge in [0.05, 0.1) is 22.0 Å². The van der Waals surface area contributed by atoms with Crippen LogP contribution >= 0.6 is 23.4 Å². The zero-order chi connectivity index (χ0) is 22.3. The number of nitro groups is 1. The maximum absolute atomic E-state index is 11.6. The largest absolute Gasteiger partial charge is 0.368 e. The fourth-order valence-electron chi connectivity index (χ4n) is 4.64. The van der Waals surface area contributed by atoms with Crippen LogP contribution in [0.2, 0.25) is 0 Å². The monoisotopic (exact) mass is 467 g/mol. The van der Waals surface area contributed by atoms with Gasteiger partial charge in [-0.15, -0.1) is 23.4 Å². The Hall–Kier alpha value is -0.120. The first-order valence-electron chi connectivity index (χ1n) is 11.3. The van der Waals surface area contributed by atoms with Crippen molar-refractivity contribution < 1.29 is 24.6 Å². The molecule has 6 atom stereocenters. The van der Waals surface area contributed by atoms with E-state index in [1.807, 2.05) is 20.8 Å². The van der Waals surface area contributed by atoms with Crippen molar-refractivity contribution in [1.29, 1.82) is 0 Å². The van der Waals surface area contributed by atoms with Crippen LogP contribution in [0.5, 0.6) is 0 Å². The van der Waals surface area contributed by atoms with Crippen molar-refractivity contribution >= 4 is 23.4 Å². The van der Waals surface area contributed by atoms with Gasteiger partial charge in [-0.1, -0.05) is 0 Å². The Morgan fingerprint density at radius 3 is 2.40 bits per heavy atom. The van der Waals surface area contributed by atoms with Crippen LogP contribution in [0.25, 0.3) is 0 Å². The predicted octanol–water partition coefficient (Wildman–Crippen LogP) is 4.19. The molecular weight excluding hydrogens is 430 g/mol. The molecule has 0 bridgehead atoms. The fraction of sp³-hybridized carbons (Fsp3) is 1.00. The van der Waals surface area contributed by atoms with Crippen LogP contribution in [0.4, 0.5) is 0 Å². The van der Waals surface area contributed by atoms with E-state index in [0.29, 0.717) is 18.9 Å². The first kappa shape index (κ1) is 26.1. The lowest BCUT2D eigenvalue weighted by Crippen LogP contribution is -2.44. The fourth-order valence-corrected chi connectivity index (χ4v) is 6.86. The van der Waals surface area contributed by atoms with Crippen LogP contribution in [0.3, 0.4) is 0 Å². The summed E-state index contributed by atoms with van der Waals surface area (Å²) in [4.78, 5) is 11.3. The minimum absolute atomic E-state index is 0.00613. The van der Waals surface area contributed by atoms with Gasteiger partial charge in [0, 0.05) is 23.9 Å². The Kier molecular flexibility index (Phi) is 11.1. The highest BCUT2D eigenvalue weighted by Crippen LogP contribution is 2.41. The molecule has 0 amide bonds. The minimum Gasteiger partial charge on any atom is -0.368 e. The van der Waals surface area contributed by atoms with E-state index in [1.165, 1.54) is 11.8 Å². The third kappa shape index (κ3) is 7.78. The maximum atomic E-state index is 11.6. The molecule has 0 aliphatic heterocycles. The summed E-state index contributed by atoms with van der Waals surface area (Å²) in [5.74, 6) is 0.516. The third-order valence-corrected chi connectivity index (χ3v) is 8.62. The number of rotatable bonds is 11. The van der Waals surface area contributed by atoms with Gasteiger partial charge in [0.15, 0.2) is 12.6 Å². The molecule has 2 saturated carbocycles. The Bertz CT molecular complexity index is 520. The van der Waals surface area contributed by atoms with Crippen LogP contribution < -0.4 is 0 Å². The Morgan fingerprint density at radius 2 is 1.83 bits per heavy atom. The smallest absolute Gasteiger partial charge is 0.226 e. The van der Waals surface area contributed by atoms with Crippen LogP contribution in [0.15, 0.2) is 0 Å². The standard InChI is InChI=1S/C21H38ClNO6S/c1-4-28-21(25)18(30-19-16(22)6-5-7-17(19)23(26)27)12-14-8-10-15(11-9-14)20(24)29-13(2)3/h13-21,24-25H,4-12H2,1-3H3. The quantitative estimate of drug-likeness (QED) is 0.203. The lowest BCUT2D eigenvalue weighted by atomic mass is 9.79. The van der Waals surface area contributed by atoms with Crippen LogP contribution in [-0.2, 0) is 9.47 Å². The minimum atomic E-state index is -0.967. The summed E-state index contributed by atoms with van der Waals surface area (Å²) >= 11 is 7.94. The molecule has 7 nitrogen and oxygen atoms in total. The van der Waals surface area contributed by atoms with E-state index in [-0.39, 0.29) is 32.8 Å². The summed E-state index contributed by atoms with van der Waals surface area (Å²) in [6.07, 6.45) is 4.71. The molecule has 0 aromatic heterocycles. The number of hydrogen-bond donors (Lipinski definition) is 2. The van der Waals surface area contributed by atoms with Crippen LogP contribution in [0, 0.1) is 22.0 Å². The molecule has 0 radical (unpaired) electrons. The van der Waals surface area contributed by atoms with E-state index >= 15 is 0 Å². The number of alkyl halides is 1. The molecule has 2 fully saturated rings. The second kappa shape index (κ2) is 12.8. The molecule has 0 aromatic rings. The molecule has 176 valence electrons. The summed E-state index contributed by atoms with van der Waals surface area (Å²) in [6, 6.07) is -0.679. The molecule has 2 aliphatic carbocycles. The number of ether oxygens (including phenoxy) is 2. The SMILES string of the molecule is CCOC(O)C(CC1CCC(C(O)OC(C)C)CC1)SC1C(Cl)CCCC1[N+](=O)[O-]. The van der Waals surface area contributed by atoms with Gasteiger partial charge in [0.25, 0.3) is 0 Å². The van der Waals surface area contributed by atoms with E-state index in [1.54, 1.807) is 0 Å². The molecule has 6 unspecified atom stereocenters. The van der Waals surface area contributed by atoms with Crippen molar-refractivity contribution in [3.8, 4) is 0 Å². The number of halogens is 1. The summed E-state index contributed by atoms with van der Waals surface area (Å²) in [5.41, 5.74) is 0. The van der Waals surface area contributed by atoms with Gasteiger partial charge in [-0.05, 0) is 71.6 Å². The average Bonchev–Trinajstić information content (AvgIpc) is 2.68. The van der Waals surface area contributed by atoms with Crippen molar-refractivity contribution in [2.45, 2.75) is 113 Å². The molecule has 0 spiro atoms. The number of hydrogen-bond acceptors (Lipinski definition) is 7. The second-order valence-corrected chi connectivity index (χ2v) is 10.9. The lowest BCUT2D eigenvalue weighted by molar-refractivity contribution is -0.524. The molecule has 2 aliphatic rings. The van der Waals surface area contributed by atoms with E-state index in [4.69, 9.17) is 21.1 Å². The van der Waals surface area contributed by atoms with Gasteiger partial charge in [-0.3, -0.25) is 10.1 Å². The normalized spacial score (nSPS) is 33.2. The molecule has 2 rings (SSSR count). The molecule has 0 saturated heterocycles. The highest BCUT2D eigenvalue weighted by Gasteiger charge is 2.43. The van der Waals surface area contributed by atoms with Gasteiger partial charge in [-0.25, -0.2) is 0 Å². The zero-order valence-electron chi connectivity index (χ0n) is 18.3. The highest BCUT2D eigenvalue weighted by atomic mass is 35.5. The van der Waals surface area contributed by atoms with Gasteiger partial charge in [-0.2, -0.15) is 0 Å². The van der Waals surface area contributed by atoms with Crippen molar-refractivity contribution in [1.82, 2.24) is 0 Å². The lowest BCUT2D eigenvalue weighted by Gasteiger charge is -2.37. The van der Waals surface area contributed by atoms with Gasteiger partial charge in [0.1, 0.15) is 0 Å². The van der Waals surface area contributed by atoms with Crippen LogP contribution in [0.1, 0.15) is 72.1 Å². The Morgan fingerprint density at radius 1 is 1.17 bits per heavy atom.